The highest BCUT2D eigenvalue weighted by atomic mass is 127. The van der Waals surface area contributed by atoms with E-state index in [1.54, 1.807) is 0 Å². The zero-order chi connectivity index (χ0) is 24.3. The summed E-state index contributed by atoms with van der Waals surface area (Å²) in [5, 5.41) is 5.00. The van der Waals surface area contributed by atoms with E-state index in [0.29, 0.717) is 6.61 Å². The third-order valence-electron chi connectivity index (χ3n) is 6.40. The summed E-state index contributed by atoms with van der Waals surface area (Å²) < 4.78 is 14.3. The first-order valence-electron chi connectivity index (χ1n) is 12.8. The fraction of sp³-hybridized carbons (Fsp3) is 0.500. The molecule has 1 fully saturated rings. The lowest BCUT2D eigenvalue weighted by Gasteiger charge is -2.26. The van der Waals surface area contributed by atoms with E-state index >= 15 is 0 Å². The molecule has 1 aliphatic rings. The Kier molecular flexibility index (Phi) is 11.1. The highest BCUT2D eigenvalue weighted by Crippen LogP contribution is 2.35. The zero-order valence-corrected chi connectivity index (χ0v) is 23.8. The van der Waals surface area contributed by atoms with Crippen molar-refractivity contribution in [3.63, 3.8) is 0 Å². The summed E-state index contributed by atoms with van der Waals surface area (Å²) in [6.45, 7) is 12.8. The number of rotatable bonds is 14. The molecular weight excluding hydrogens is 569 g/mol. The molecule has 3 aromatic rings. The summed E-state index contributed by atoms with van der Waals surface area (Å²) in [5.41, 5.74) is 2.50. The first-order valence-corrected chi connectivity index (χ1v) is 15.1. The largest absolute Gasteiger partial charge is 0.492 e. The smallest absolute Gasteiger partial charge is 0.123 e. The molecule has 190 valence electrons. The summed E-state index contributed by atoms with van der Waals surface area (Å²) in [7, 11) is 0. The lowest BCUT2D eigenvalue weighted by Crippen LogP contribution is -2.38. The molecule has 1 aromatic heterocycles. The number of morpholine rings is 1. The summed E-state index contributed by atoms with van der Waals surface area (Å²) in [5.74, 6) is 0.994. The highest BCUT2D eigenvalue weighted by molar-refractivity contribution is 14.1. The van der Waals surface area contributed by atoms with E-state index in [-0.39, 0.29) is 0 Å². The minimum absolute atomic E-state index is 0.704. The second-order valence-corrected chi connectivity index (χ2v) is 11.1. The van der Waals surface area contributed by atoms with Gasteiger partial charge in [-0.1, -0.05) is 47.7 Å². The van der Waals surface area contributed by atoms with Crippen molar-refractivity contribution in [3.8, 4) is 16.2 Å². The van der Waals surface area contributed by atoms with Crippen LogP contribution < -0.4 is 10.1 Å². The van der Waals surface area contributed by atoms with Crippen molar-refractivity contribution in [2.45, 2.75) is 19.9 Å². The van der Waals surface area contributed by atoms with Gasteiger partial charge in [-0.25, -0.2) is 0 Å². The number of hydrogen-bond acceptors (Lipinski definition) is 6. The van der Waals surface area contributed by atoms with E-state index in [1.165, 1.54) is 43.5 Å². The molecule has 0 aliphatic carbocycles. The van der Waals surface area contributed by atoms with Gasteiger partial charge in [-0.15, -0.1) is 11.3 Å². The van der Waals surface area contributed by atoms with Gasteiger partial charge >= 0.3 is 0 Å². The Morgan fingerprint density at radius 3 is 2.74 bits per heavy atom. The van der Waals surface area contributed by atoms with Gasteiger partial charge in [0, 0.05) is 65.4 Å². The molecule has 1 aliphatic heterocycles. The predicted octanol–water partition coefficient (Wildman–Crippen LogP) is 5.52. The summed E-state index contributed by atoms with van der Waals surface area (Å²) in [4.78, 5) is 6.28. The van der Waals surface area contributed by atoms with Crippen LogP contribution in [0.2, 0.25) is 0 Å². The normalized spacial score (nSPS) is 14.7. The van der Waals surface area contributed by atoms with Crippen LogP contribution in [0.3, 0.4) is 0 Å². The van der Waals surface area contributed by atoms with Crippen LogP contribution in [-0.2, 0) is 11.3 Å². The molecule has 0 bridgehead atoms. The van der Waals surface area contributed by atoms with E-state index in [9.17, 15) is 0 Å². The molecule has 5 nitrogen and oxygen atoms in total. The molecule has 0 amide bonds. The van der Waals surface area contributed by atoms with Gasteiger partial charge in [0.1, 0.15) is 12.4 Å². The third-order valence-corrected chi connectivity index (χ3v) is 8.05. The number of hydrogen-bond donors (Lipinski definition) is 1. The van der Waals surface area contributed by atoms with Gasteiger partial charge in [0.2, 0.25) is 0 Å². The van der Waals surface area contributed by atoms with Gasteiger partial charge in [-0.2, -0.15) is 0 Å². The third kappa shape index (κ3) is 8.13. The van der Waals surface area contributed by atoms with Gasteiger partial charge < -0.3 is 19.7 Å². The number of fused-ring (bicyclic) bond motifs is 1. The molecule has 0 saturated carbocycles. The lowest BCUT2D eigenvalue weighted by molar-refractivity contribution is 0.0322. The maximum Gasteiger partial charge on any atom is 0.123 e. The Bertz CT molecular complexity index is 999. The van der Waals surface area contributed by atoms with Gasteiger partial charge in [0.05, 0.1) is 13.2 Å². The maximum atomic E-state index is 6.31. The molecule has 2 aromatic carbocycles. The number of ether oxygens (including phenoxy) is 2. The van der Waals surface area contributed by atoms with E-state index in [1.807, 2.05) is 11.3 Å². The molecule has 7 heteroatoms. The fourth-order valence-corrected chi connectivity index (χ4v) is 6.22. The molecule has 0 atom stereocenters. The Morgan fingerprint density at radius 1 is 1.09 bits per heavy atom. The summed E-state index contributed by atoms with van der Waals surface area (Å²) >= 11 is 4.33. The van der Waals surface area contributed by atoms with Crippen molar-refractivity contribution < 1.29 is 9.47 Å². The SMILES string of the molecule is CCCN(CCI)CCNCc1cc(-c2cc3ccccc3s2)ccc1OCCN1CCOCC1. The average molecular weight is 608 g/mol. The van der Waals surface area contributed by atoms with Crippen LogP contribution >= 0.6 is 33.9 Å². The maximum absolute atomic E-state index is 6.31. The Labute approximate surface area is 227 Å². The molecule has 0 unspecified atom stereocenters. The van der Waals surface area contributed by atoms with Gasteiger partial charge in [-0.3, -0.25) is 4.90 Å². The lowest BCUT2D eigenvalue weighted by atomic mass is 10.1. The van der Waals surface area contributed by atoms with E-state index in [2.05, 4.69) is 93.2 Å². The minimum atomic E-state index is 0.704. The Morgan fingerprint density at radius 2 is 1.94 bits per heavy atom. The molecule has 1 saturated heterocycles. The first-order chi connectivity index (χ1) is 17.3. The van der Waals surface area contributed by atoms with Crippen LogP contribution in [0.4, 0.5) is 0 Å². The second kappa shape index (κ2) is 14.5. The van der Waals surface area contributed by atoms with Gasteiger partial charge in [-0.05, 0) is 54.2 Å². The van der Waals surface area contributed by atoms with Crippen molar-refractivity contribution in [1.82, 2.24) is 15.1 Å². The standard InChI is InChI=1S/C28H38IN3O2S/c1-2-11-31(12-9-29)13-10-30-22-25-20-24(28-21-23-5-3-4-6-27(23)35-28)7-8-26(25)34-19-16-32-14-17-33-18-15-32/h3-8,20-21,30H,2,9-19,22H2,1H3. The van der Waals surface area contributed by atoms with Crippen LogP contribution in [0.25, 0.3) is 20.5 Å². The molecule has 0 spiro atoms. The topological polar surface area (TPSA) is 37.0 Å². The van der Waals surface area contributed by atoms with Crippen LogP contribution in [0, 0.1) is 0 Å². The highest BCUT2D eigenvalue weighted by Gasteiger charge is 2.13. The van der Waals surface area contributed by atoms with E-state index in [0.717, 1.165) is 64.8 Å². The van der Waals surface area contributed by atoms with E-state index < -0.39 is 0 Å². The van der Waals surface area contributed by atoms with Crippen molar-refractivity contribution in [3.05, 3.63) is 54.1 Å². The fourth-order valence-electron chi connectivity index (χ4n) is 4.48. The van der Waals surface area contributed by atoms with Crippen molar-refractivity contribution in [2.24, 2.45) is 0 Å². The number of alkyl halides is 1. The zero-order valence-electron chi connectivity index (χ0n) is 20.8. The molecule has 1 N–H and O–H groups in total. The molecule has 4 rings (SSSR count). The number of nitrogens with zero attached hydrogens (tertiary/aromatic N) is 2. The number of halogens is 1. The van der Waals surface area contributed by atoms with Crippen LogP contribution in [-0.4, -0.2) is 79.9 Å². The minimum Gasteiger partial charge on any atom is -0.492 e. The van der Waals surface area contributed by atoms with E-state index in [4.69, 9.17) is 9.47 Å². The predicted molar refractivity (Wildman–Crippen MR) is 157 cm³/mol. The quantitative estimate of drug-likeness (QED) is 0.149. The molecular formula is C28H38IN3O2S. The molecule has 2 heterocycles. The van der Waals surface area contributed by atoms with Crippen molar-refractivity contribution >= 4 is 44.0 Å². The van der Waals surface area contributed by atoms with Crippen molar-refractivity contribution in [2.75, 3.05) is 70.1 Å². The monoisotopic (exact) mass is 607 g/mol. The average Bonchev–Trinajstić information content (AvgIpc) is 3.32. The van der Waals surface area contributed by atoms with Gasteiger partial charge in [0.15, 0.2) is 0 Å². The van der Waals surface area contributed by atoms with Crippen LogP contribution in [0.1, 0.15) is 18.9 Å². The second-order valence-electron chi connectivity index (χ2n) is 8.98. The number of nitrogens with one attached hydrogen (secondary N) is 1. The Balaban J connectivity index is 1.43. The van der Waals surface area contributed by atoms with Gasteiger partial charge in [0.25, 0.3) is 0 Å². The molecule has 0 radical (unpaired) electrons. The summed E-state index contributed by atoms with van der Waals surface area (Å²) in [6.07, 6.45) is 1.20. The van der Waals surface area contributed by atoms with Crippen LogP contribution in [0.5, 0.6) is 5.75 Å². The van der Waals surface area contributed by atoms with Crippen LogP contribution in [0.15, 0.2) is 48.5 Å². The van der Waals surface area contributed by atoms with Crippen molar-refractivity contribution in [1.29, 1.82) is 0 Å². The molecule has 35 heavy (non-hydrogen) atoms. The summed E-state index contributed by atoms with van der Waals surface area (Å²) in [6, 6.07) is 17.6. The first kappa shape index (κ1) is 26.8. The number of benzene rings is 2. The Hall–Kier alpha value is -1.23. The number of thiophene rings is 1.